The van der Waals surface area contributed by atoms with Gasteiger partial charge >= 0.3 is 24.3 Å². The van der Waals surface area contributed by atoms with Gasteiger partial charge in [0.2, 0.25) is 0 Å². The molecule has 0 aromatic rings. The van der Waals surface area contributed by atoms with Gasteiger partial charge in [-0.15, -0.1) is 0 Å². The van der Waals surface area contributed by atoms with E-state index in [2.05, 4.69) is 15.4 Å². The lowest BCUT2D eigenvalue weighted by atomic mass is 10.3. The van der Waals surface area contributed by atoms with E-state index in [4.69, 9.17) is 5.11 Å². The molecule has 0 aromatic heterocycles. The van der Waals surface area contributed by atoms with E-state index in [-0.39, 0.29) is 32.5 Å². The molecule has 0 aliphatic heterocycles. The lowest BCUT2D eigenvalue weighted by Gasteiger charge is -2.15. The Balaban J connectivity index is 3.51. The van der Waals surface area contributed by atoms with Crippen LogP contribution >= 0.6 is 0 Å². The Morgan fingerprint density at radius 2 is 1.80 bits per heavy atom. The predicted molar refractivity (Wildman–Crippen MR) is 60.0 cm³/mol. The third-order valence-electron chi connectivity index (χ3n) is 2.00. The fourth-order valence-corrected chi connectivity index (χ4v) is 1.01. The van der Waals surface area contributed by atoms with E-state index in [0.29, 0.717) is 0 Å². The van der Waals surface area contributed by atoms with Crippen LogP contribution < -0.4 is 10.6 Å². The first-order valence-corrected chi connectivity index (χ1v) is 5.73. The second-order valence-corrected chi connectivity index (χ2v) is 3.79. The van der Waals surface area contributed by atoms with Crippen LogP contribution in [0.25, 0.3) is 0 Å². The van der Waals surface area contributed by atoms with Crippen molar-refractivity contribution in [3.05, 3.63) is 0 Å². The molecular formula is C10H16F4N2O4. The first-order chi connectivity index (χ1) is 9.25. The molecule has 10 heteroatoms. The number of hydrogen-bond donors (Lipinski definition) is 3. The number of rotatable bonds is 10. The number of nitrogens with one attached hydrogen (secondary N) is 2. The van der Waals surface area contributed by atoms with E-state index in [1.165, 1.54) is 0 Å². The molecule has 0 saturated heterocycles. The van der Waals surface area contributed by atoms with Crippen molar-refractivity contribution in [3.8, 4) is 0 Å². The summed E-state index contributed by atoms with van der Waals surface area (Å²) in [6.45, 7) is -1.76. The Bertz CT molecular complexity index is 316. The minimum absolute atomic E-state index is 0.0912. The molecule has 118 valence electrons. The molecule has 0 heterocycles. The van der Waals surface area contributed by atoms with Gasteiger partial charge in [0.15, 0.2) is 0 Å². The molecule has 20 heavy (non-hydrogen) atoms. The van der Waals surface area contributed by atoms with E-state index in [9.17, 15) is 27.2 Å². The number of alkyl halides is 4. The summed E-state index contributed by atoms with van der Waals surface area (Å²) in [5.74, 6) is -5.19. The van der Waals surface area contributed by atoms with Crippen LogP contribution in [0, 0.1) is 0 Å². The molecule has 0 unspecified atom stereocenters. The van der Waals surface area contributed by atoms with Gasteiger partial charge < -0.3 is 20.5 Å². The summed E-state index contributed by atoms with van der Waals surface area (Å²) in [4.78, 5) is 21.2. The zero-order valence-corrected chi connectivity index (χ0v) is 10.5. The van der Waals surface area contributed by atoms with Crippen molar-refractivity contribution in [2.45, 2.75) is 25.2 Å². The average molecular weight is 304 g/mol. The molecule has 2 amide bonds. The van der Waals surface area contributed by atoms with Crippen molar-refractivity contribution in [2.24, 2.45) is 0 Å². The maximum atomic E-state index is 12.4. The summed E-state index contributed by atoms with van der Waals surface area (Å²) >= 11 is 0. The molecule has 0 aliphatic rings. The van der Waals surface area contributed by atoms with Crippen LogP contribution in [0.1, 0.15) is 12.8 Å². The first kappa shape index (κ1) is 18.4. The van der Waals surface area contributed by atoms with Crippen molar-refractivity contribution in [1.82, 2.24) is 10.6 Å². The summed E-state index contributed by atoms with van der Waals surface area (Å²) in [6.07, 6.45) is -3.64. The minimum atomic E-state index is -4.21. The van der Waals surface area contributed by atoms with Gasteiger partial charge in [-0.3, -0.25) is 4.79 Å². The van der Waals surface area contributed by atoms with Crippen LogP contribution in [-0.2, 0) is 9.53 Å². The topological polar surface area (TPSA) is 87.7 Å². The summed E-state index contributed by atoms with van der Waals surface area (Å²) in [6, 6.07) is -0.625. The highest BCUT2D eigenvalue weighted by Crippen LogP contribution is 2.22. The zero-order valence-electron chi connectivity index (χ0n) is 10.5. The molecule has 0 spiro atoms. The Labute approximate surface area is 112 Å². The molecule has 0 saturated carbocycles. The zero-order chi connectivity index (χ0) is 15.6. The highest BCUT2D eigenvalue weighted by Gasteiger charge is 2.40. The molecular weight excluding hydrogens is 288 g/mol. The van der Waals surface area contributed by atoms with Gasteiger partial charge in [-0.05, 0) is 6.42 Å². The summed E-state index contributed by atoms with van der Waals surface area (Å²) < 4.78 is 52.5. The van der Waals surface area contributed by atoms with E-state index in [1.807, 2.05) is 0 Å². The highest BCUT2D eigenvalue weighted by atomic mass is 19.3. The third-order valence-corrected chi connectivity index (χ3v) is 2.00. The second-order valence-electron chi connectivity index (χ2n) is 3.79. The maximum absolute atomic E-state index is 12.4. The number of carbonyl (C=O) groups is 2. The molecule has 0 radical (unpaired) electrons. The third kappa shape index (κ3) is 9.36. The fourth-order valence-electron chi connectivity index (χ4n) is 1.01. The largest absolute Gasteiger partial charge is 0.481 e. The Morgan fingerprint density at radius 1 is 1.20 bits per heavy atom. The molecule has 0 atom stereocenters. The minimum Gasteiger partial charge on any atom is -0.481 e. The van der Waals surface area contributed by atoms with Gasteiger partial charge in [0.05, 0.1) is 6.61 Å². The lowest BCUT2D eigenvalue weighted by molar-refractivity contribution is -0.165. The van der Waals surface area contributed by atoms with E-state index < -0.39 is 31.0 Å². The highest BCUT2D eigenvalue weighted by molar-refractivity contribution is 5.73. The van der Waals surface area contributed by atoms with Crippen LogP contribution in [-0.4, -0.2) is 55.8 Å². The van der Waals surface area contributed by atoms with Crippen LogP contribution in [0.2, 0.25) is 0 Å². The van der Waals surface area contributed by atoms with E-state index >= 15 is 0 Å². The molecule has 6 nitrogen and oxygen atoms in total. The second kappa shape index (κ2) is 9.34. The molecule has 0 fully saturated rings. The lowest BCUT2D eigenvalue weighted by Crippen LogP contribution is -2.39. The Kier molecular flexibility index (Phi) is 8.61. The molecule has 0 aliphatic carbocycles. The smallest absolute Gasteiger partial charge is 0.330 e. The van der Waals surface area contributed by atoms with Crippen molar-refractivity contribution < 1.29 is 37.0 Å². The summed E-state index contributed by atoms with van der Waals surface area (Å²) in [5.41, 5.74) is 0. The van der Waals surface area contributed by atoms with Gasteiger partial charge in [-0.1, -0.05) is 0 Å². The normalized spacial score (nSPS) is 11.4. The van der Waals surface area contributed by atoms with Gasteiger partial charge in [0.25, 0.3) is 0 Å². The monoisotopic (exact) mass is 304 g/mol. The maximum Gasteiger partial charge on any atom is 0.330 e. The van der Waals surface area contributed by atoms with E-state index in [0.717, 1.165) is 0 Å². The number of carbonyl (C=O) groups excluding carboxylic acids is 1. The van der Waals surface area contributed by atoms with Gasteiger partial charge in [0.1, 0.15) is 6.61 Å². The number of aliphatic carboxylic acids is 1. The number of ether oxygens (including phenoxy) is 1. The first-order valence-electron chi connectivity index (χ1n) is 5.73. The van der Waals surface area contributed by atoms with Crippen molar-refractivity contribution >= 4 is 12.0 Å². The molecule has 0 aromatic carbocycles. The van der Waals surface area contributed by atoms with E-state index in [1.54, 1.807) is 0 Å². The molecule has 0 bridgehead atoms. The molecule has 3 N–H and O–H groups in total. The Morgan fingerprint density at radius 3 is 2.35 bits per heavy atom. The SMILES string of the molecule is O=C(O)CCCNC(=O)NCCOCC(F)(F)C(F)F. The number of carboxylic acids is 1. The number of halogens is 4. The van der Waals surface area contributed by atoms with Gasteiger partial charge in [-0.25, -0.2) is 13.6 Å². The van der Waals surface area contributed by atoms with Crippen molar-refractivity contribution in [1.29, 1.82) is 0 Å². The van der Waals surface area contributed by atoms with Crippen molar-refractivity contribution in [2.75, 3.05) is 26.3 Å². The van der Waals surface area contributed by atoms with Gasteiger partial charge in [0, 0.05) is 19.5 Å². The number of carboxylic acid groups (broad SMARTS) is 1. The van der Waals surface area contributed by atoms with Crippen LogP contribution in [0.15, 0.2) is 0 Å². The number of amides is 2. The molecule has 0 rings (SSSR count). The van der Waals surface area contributed by atoms with Crippen LogP contribution in [0.4, 0.5) is 22.4 Å². The quantitative estimate of drug-likeness (QED) is 0.416. The Hall–Kier alpha value is -1.58. The number of urea groups is 1. The van der Waals surface area contributed by atoms with Crippen molar-refractivity contribution in [3.63, 3.8) is 0 Å². The summed E-state index contributed by atoms with van der Waals surface area (Å²) in [7, 11) is 0. The van der Waals surface area contributed by atoms with Gasteiger partial charge in [-0.2, -0.15) is 8.78 Å². The predicted octanol–water partition coefficient (Wildman–Crippen LogP) is 1.07. The van der Waals surface area contributed by atoms with Crippen LogP contribution in [0.5, 0.6) is 0 Å². The average Bonchev–Trinajstić information content (AvgIpc) is 2.33. The standard InChI is InChI=1S/C10H16F4N2O4/c11-8(12)10(13,14)6-20-5-4-16-9(19)15-3-1-2-7(17)18/h8H,1-6H2,(H,17,18)(H2,15,16,19). The number of hydrogen-bond acceptors (Lipinski definition) is 3. The summed E-state index contributed by atoms with van der Waals surface area (Å²) in [5, 5.41) is 12.9. The fraction of sp³-hybridized carbons (Fsp3) is 0.800. The van der Waals surface area contributed by atoms with Crippen LogP contribution in [0.3, 0.4) is 0 Å².